The first-order valence-electron chi connectivity index (χ1n) is 7.71. The van der Waals surface area contributed by atoms with Gasteiger partial charge in [0.1, 0.15) is 22.0 Å². The third-order valence-electron chi connectivity index (χ3n) is 3.72. The zero-order valence-corrected chi connectivity index (χ0v) is 15.0. The number of para-hydroxylation sites is 3. The van der Waals surface area contributed by atoms with Gasteiger partial charge in [-0.15, -0.1) is 0 Å². The van der Waals surface area contributed by atoms with E-state index in [4.69, 9.17) is 32.4 Å². The predicted octanol–water partition coefficient (Wildman–Crippen LogP) is 5.55. The van der Waals surface area contributed by atoms with Gasteiger partial charge >= 0.3 is 5.97 Å². The first-order chi connectivity index (χ1) is 13.0. The van der Waals surface area contributed by atoms with E-state index >= 15 is 0 Å². The molecule has 0 bridgehead atoms. The fraction of sp³-hybridized carbons (Fsp3) is 0. The van der Waals surface area contributed by atoms with Crippen LogP contribution in [0.25, 0.3) is 22.6 Å². The molecule has 8 heteroatoms. The van der Waals surface area contributed by atoms with Crippen LogP contribution >= 0.6 is 23.2 Å². The first-order valence-corrected chi connectivity index (χ1v) is 8.47. The lowest BCUT2D eigenvalue weighted by molar-refractivity contribution is 0.0734. The molecular weight excluding hydrogens is 394 g/mol. The van der Waals surface area contributed by atoms with Crippen LogP contribution in [0.15, 0.2) is 59.0 Å². The minimum absolute atomic E-state index is 0.181. The maximum Gasteiger partial charge on any atom is 0.346 e. The third-order valence-corrected chi connectivity index (χ3v) is 4.27. The maximum atomic E-state index is 13.6. The largest absolute Gasteiger partial charge is 0.436 e. The van der Waals surface area contributed by atoms with Crippen LogP contribution in [-0.4, -0.2) is 15.9 Å². The molecule has 4 rings (SSSR count). The Hall–Kier alpha value is -2.96. The Morgan fingerprint density at radius 2 is 1.74 bits per heavy atom. The highest BCUT2D eigenvalue weighted by Crippen LogP contribution is 2.32. The number of carbonyl (C=O) groups excluding carboxylic acids is 1. The summed E-state index contributed by atoms with van der Waals surface area (Å²) in [5.41, 5.74) is 1.48. The highest BCUT2D eigenvalue weighted by atomic mass is 35.5. The van der Waals surface area contributed by atoms with E-state index in [1.807, 2.05) is 12.1 Å². The Bertz CT molecular complexity index is 1140. The Balaban J connectivity index is 1.71. The van der Waals surface area contributed by atoms with Gasteiger partial charge in [-0.05, 0) is 30.3 Å². The Morgan fingerprint density at radius 1 is 1.00 bits per heavy atom. The summed E-state index contributed by atoms with van der Waals surface area (Å²) in [5.74, 6) is -1.29. The van der Waals surface area contributed by atoms with E-state index < -0.39 is 16.9 Å². The predicted molar refractivity (Wildman–Crippen MR) is 98.6 cm³/mol. The summed E-state index contributed by atoms with van der Waals surface area (Å²) >= 11 is 11.4. The van der Waals surface area contributed by atoms with Crippen LogP contribution in [0.1, 0.15) is 10.4 Å². The number of esters is 1. The van der Waals surface area contributed by atoms with E-state index in [9.17, 15) is 9.18 Å². The topological polar surface area (TPSA) is 65.2 Å². The number of oxazole rings is 1. The zero-order chi connectivity index (χ0) is 19.0. The number of rotatable bonds is 3. The molecule has 0 saturated carbocycles. The molecule has 0 spiro atoms. The van der Waals surface area contributed by atoms with Crippen molar-refractivity contribution in [3.05, 3.63) is 76.3 Å². The fourth-order valence-corrected chi connectivity index (χ4v) is 2.86. The highest BCUT2D eigenvalue weighted by molar-refractivity contribution is 6.34. The summed E-state index contributed by atoms with van der Waals surface area (Å²) < 4.78 is 24.7. The van der Waals surface area contributed by atoms with Crippen molar-refractivity contribution < 1.29 is 18.3 Å². The number of carbonyl (C=O) groups is 1. The molecule has 0 aliphatic rings. The van der Waals surface area contributed by atoms with Crippen molar-refractivity contribution in [2.45, 2.75) is 0 Å². The van der Waals surface area contributed by atoms with Gasteiger partial charge in [-0.3, -0.25) is 0 Å². The van der Waals surface area contributed by atoms with Crippen molar-refractivity contribution in [2.75, 3.05) is 0 Å². The summed E-state index contributed by atoms with van der Waals surface area (Å²) in [5, 5.41) is -0.686. The van der Waals surface area contributed by atoms with Crippen LogP contribution in [-0.2, 0) is 0 Å². The van der Waals surface area contributed by atoms with E-state index in [1.54, 1.807) is 36.4 Å². The highest BCUT2D eigenvalue weighted by Gasteiger charge is 2.20. The minimum atomic E-state index is -0.883. The normalized spacial score (nSPS) is 10.9. The molecule has 4 aromatic rings. The standard InChI is InChI=1S/C19H9Cl2FN2O3/c20-16-11(9-12(22)17(21)24-16)19(25)27-14-7-3-1-5-10(14)18-23-13-6-2-4-8-15(13)26-18/h1-9H. The molecule has 134 valence electrons. The van der Waals surface area contributed by atoms with Crippen LogP contribution in [0.5, 0.6) is 5.75 Å². The molecule has 0 fully saturated rings. The molecule has 0 N–H and O–H groups in total. The van der Waals surface area contributed by atoms with Crippen LogP contribution < -0.4 is 4.74 Å². The Morgan fingerprint density at radius 3 is 2.56 bits per heavy atom. The third kappa shape index (κ3) is 3.37. The number of fused-ring (bicyclic) bond motifs is 1. The lowest BCUT2D eigenvalue weighted by Gasteiger charge is -2.09. The number of aromatic nitrogens is 2. The average molecular weight is 403 g/mol. The summed E-state index contributed by atoms with van der Waals surface area (Å²) in [4.78, 5) is 20.4. The molecule has 2 heterocycles. The Kier molecular flexibility index (Phi) is 4.51. The molecule has 0 saturated heterocycles. The summed E-state index contributed by atoms with van der Waals surface area (Å²) in [7, 11) is 0. The second-order valence-corrected chi connectivity index (χ2v) is 6.19. The lowest BCUT2D eigenvalue weighted by Crippen LogP contribution is -2.11. The fourth-order valence-electron chi connectivity index (χ4n) is 2.46. The molecule has 2 aromatic carbocycles. The molecule has 2 aromatic heterocycles. The molecule has 0 unspecified atom stereocenters. The van der Waals surface area contributed by atoms with E-state index in [2.05, 4.69) is 9.97 Å². The quantitative estimate of drug-likeness (QED) is 0.255. The van der Waals surface area contributed by atoms with Gasteiger partial charge in [0.2, 0.25) is 5.89 Å². The monoisotopic (exact) mass is 402 g/mol. The molecular formula is C19H9Cl2FN2O3. The van der Waals surface area contributed by atoms with Crippen molar-refractivity contribution >= 4 is 40.3 Å². The molecule has 0 amide bonds. The van der Waals surface area contributed by atoms with Gasteiger partial charge in [0, 0.05) is 0 Å². The summed E-state index contributed by atoms with van der Waals surface area (Å²) in [6, 6.07) is 14.8. The molecule has 0 atom stereocenters. The summed E-state index contributed by atoms with van der Waals surface area (Å²) in [6.07, 6.45) is 0. The van der Waals surface area contributed by atoms with Gasteiger partial charge in [-0.25, -0.2) is 19.2 Å². The SMILES string of the molecule is O=C(Oc1ccccc1-c1nc2ccccc2o1)c1cc(F)c(Cl)nc1Cl. The first kappa shape index (κ1) is 17.5. The number of hydrogen-bond donors (Lipinski definition) is 0. The van der Waals surface area contributed by atoms with E-state index in [0.717, 1.165) is 6.07 Å². The van der Waals surface area contributed by atoms with Crippen molar-refractivity contribution in [2.24, 2.45) is 0 Å². The molecule has 27 heavy (non-hydrogen) atoms. The van der Waals surface area contributed by atoms with Gasteiger partial charge in [-0.2, -0.15) is 0 Å². The van der Waals surface area contributed by atoms with Gasteiger partial charge in [0.25, 0.3) is 0 Å². The second kappa shape index (κ2) is 6.98. The number of benzene rings is 2. The molecule has 0 aliphatic carbocycles. The van der Waals surface area contributed by atoms with Crippen molar-refractivity contribution in [3.8, 4) is 17.2 Å². The van der Waals surface area contributed by atoms with Gasteiger partial charge in [0.05, 0.1) is 5.56 Å². The smallest absolute Gasteiger partial charge is 0.346 e. The van der Waals surface area contributed by atoms with Gasteiger partial charge < -0.3 is 9.15 Å². The van der Waals surface area contributed by atoms with Crippen molar-refractivity contribution in [1.29, 1.82) is 0 Å². The van der Waals surface area contributed by atoms with E-state index in [0.29, 0.717) is 16.7 Å². The van der Waals surface area contributed by atoms with Gasteiger partial charge in [-0.1, -0.05) is 47.5 Å². The van der Waals surface area contributed by atoms with Crippen LogP contribution in [0.2, 0.25) is 10.3 Å². The van der Waals surface area contributed by atoms with Gasteiger partial charge in [0.15, 0.2) is 16.6 Å². The van der Waals surface area contributed by atoms with E-state index in [1.165, 1.54) is 0 Å². The zero-order valence-electron chi connectivity index (χ0n) is 13.4. The maximum absolute atomic E-state index is 13.6. The van der Waals surface area contributed by atoms with Crippen LogP contribution in [0, 0.1) is 5.82 Å². The number of halogens is 3. The van der Waals surface area contributed by atoms with Crippen LogP contribution in [0.4, 0.5) is 4.39 Å². The molecule has 0 aliphatic heterocycles. The van der Waals surface area contributed by atoms with Crippen LogP contribution in [0.3, 0.4) is 0 Å². The lowest BCUT2D eigenvalue weighted by atomic mass is 10.2. The van der Waals surface area contributed by atoms with E-state index in [-0.39, 0.29) is 22.4 Å². The van der Waals surface area contributed by atoms with Crippen molar-refractivity contribution in [3.63, 3.8) is 0 Å². The number of ether oxygens (including phenoxy) is 1. The molecule has 5 nitrogen and oxygen atoms in total. The summed E-state index contributed by atoms with van der Waals surface area (Å²) in [6.45, 7) is 0. The minimum Gasteiger partial charge on any atom is -0.436 e. The average Bonchev–Trinajstić information content (AvgIpc) is 3.09. The number of nitrogens with zero attached hydrogens (tertiary/aromatic N) is 2. The number of hydrogen-bond acceptors (Lipinski definition) is 5. The molecule has 0 radical (unpaired) electrons. The van der Waals surface area contributed by atoms with Crippen molar-refractivity contribution in [1.82, 2.24) is 9.97 Å². The second-order valence-electron chi connectivity index (χ2n) is 5.47. The Labute approximate surface area is 162 Å². The number of pyridine rings is 1.